The number of rotatable bonds is 6. The van der Waals surface area contributed by atoms with Gasteiger partial charge in [0.2, 0.25) is 0 Å². The molecule has 1 fully saturated rings. The molecule has 1 aromatic heterocycles. The van der Waals surface area contributed by atoms with E-state index in [1.165, 1.54) is 0 Å². The van der Waals surface area contributed by atoms with Gasteiger partial charge in [0.05, 0.1) is 30.9 Å². The topological polar surface area (TPSA) is 68.9 Å². The minimum absolute atomic E-state index is 0.0649. The molecule has 2 aromatic rings. The Morgan fingerprint density at radius 1 is 1.40 bits per heavy atom. The highest BCUT2D eigenvalue weighted by molar-refractivity contribution is 6.03. The number of hydrogen-bond acceptors (Lipinski definition) is 6. The second kappa shape index (κ2) is 8.73. The fourth-order valence-electron chi connectivity index (χ4n) is 4.05. The summed E-state index contributed by atoms with van der Waals surface area (Å²) in [6, 6.07) is 6.20. The summed E-state index contributed by atoms with van der Waals surface area (Å²) in [5, 5.41) is 4.34. The number of hydrogen-bond donors (Lipinski definition) is 0. The quantitative estimate of drug-likeness (QED) is 0.728. The van der Waals surface area contributed by atoms with Crippen molar-refractivity contribution in [3.8, 4) is 11.4 Å². The molecule has 0 aliphatic carbocycles. The number of benzene rings is 1. The predicted octanol–water partition coefficient (Wildman–Crippen LogP) is 3.75. The number of imidazole rings is 1. The molecule has 0 saturated carbocycles. The van der Waals surface area contributed by atoms with Crippen LogP contribution in [0.25, 0.3) is 11.8 Å². The van der Waals surface area contributed by atoms with E-state index in [0.29, 0.717) is 19.4 Å². The summed E-state index contributed by atoms with van der Waals surface area (Å²) in [5.41, 5.74) is 4.07. The molecule has 7 heteroatoms. The van der Waals surface area contributed by atoms with Gasteiger partial charge in [-0.25, -0.2) is 4.98 Å². The predicted molar refractivity (Wildman–Crippen MR) is 116 cm³/mol. The van der Waals surface area contributed by atoms with Crippen molar-refractivity contribution in [1.82, 2.24) is 14.5 Å². The van der Waals surface area contributed by atoms with E-state index >= 15 is 0 Å². The number of aryl methyl sites for hydroxylation is 1. The standard InChI is InChI=1S/C23H28N4O3/c1-4-20(28)12-19-14-30-25-23-18(6-5-9-27(19)23)10-17-7-8-21(22(11-17)29-3)26-13-16(2)24-15-26/h7-8,10-11,13,15,19H,4-6,9,12,14H2,1-3H3/b18-10+/t19-/m0/s1. The van der Waals surface area contributed by atoms with Gasteiger partial charge < -0.3 is 19.0 Å². The molecule has 30 heavy (non-hydrogen) atoms. The van der Waals surface area contributed by atoms with Gasteiger partial charge in [-0.15, -0.1) is 0 Å². The third-order valence-corrected chi connectivity index (χ3v) is 5.66. The Kier molecular flexibility index (Phi) is 5.88. The number of Topliss-reactive ketones (excluding diaryl/α,β-unsaturated/α-hetero) is 1. The van der Waals surface area contributed by atoms with Crippen LogP contribution in [0.2, 0.25) is 0 Å². The maximum absolute atomic E-state index is 12.0. The Hall–Kier alpha value is -3.09. The molecule has 4 rings (SSSR count). The SMILES string of the molecule is CCC(=O)C[C@H]1CON=C2/C(=C/c3ccc(-n4cnc(C)c4)c(OC)c3)CCCN21. The van der Waals surface area contributed by atoms with E-state index in [4.69, 9.17) is 9.57 Å². The van der Waals surface area contributed by atoms with E-state index in [1.54, 1.807) is 13.4 Å². The van der Waals surface area contributed by atoms with Gasteiger partial charge in [-0.05, 0) is 49.1 Å². The smallest absolute Gasteiger partial charge is 0.171 e. The van der Waals surface area contributed by atoms with Crippen molar-refractivity contribution < 1.29 is 14.4 Å². The van der Waals surface area contributed by atoms with Gasteiger partial charge in [-0.2, -0.15) is 0 Å². The molecular weight excluding hydrogens is 380 g/mol. The number of oxime groups is 1. The third kappa shape index (κ3) is 4.10. The third-order valence-electron chi connectivity index (χ3n) is 5.66. The van der Waals surface area contributed by atoms with Crippen LogP contribution in [0.1, 0.15) is 43.9 Å². The number of ether oxygens (including phenoxy) is 1. The lowest BCUT2D eigenvalue weighted by Gasteiger charge is -2.39. The molecule has 7 nitrogen and oxygen atoms in total. The first-order valence-electron chi connectivity index (χ1n) is 10.5. The van der Waals surface area contributed by atoms with Crippen molar-refractivity contribution in [2.24, 2.45) is 5.16 Å². The van der Waals surface area contributed by atoms with E-state index in [-0.39, 0.29) is 11.8 Å². The Morgan fingerprint density at radius 3 is 3.00 bits per heavy atom. The lowest BCUT2D eigenvalue weighted by Crippen LogP contribution is -2.49. The van der Waals surface area contributed by atoms with Crippen molar-refractivity contribution in [3.63, 3.8) is 0 Å². The van der Waals surface area contributed by atoms with Gasteiger partial charge in [-0.1, -0.05) is 18.1 Å². The van der Waals surface area contributed by atoms with Crippen molar-refractivity contribution in [2.75, 3.05) is 20.3 Å². The number of fused-ring (bicyclic) bond motifs is 1. The van der Waals surface area contributed by atoms with Crippen LogP contribution in [0.5, 0.6) is 5.75 Å². The highest BCUT2D eigenvalue weighted by Gasteiger charge is 2.32. The van der Waals surface area contributed by atoms with Gasteiger partial charge in [0.15, 0.2) is 5.84 Å². The second-order valence-corrected chi connectivity index (χ2v) is 7.78. The molecule has 0 unspecified atom stereocenters. The van der Waals surface area contributed by atoms with E-state index < -0.39 is 0 Å². The van der Waals surface area contributed by atoms with Crippen LogP contribution in [-0.2, 0) is 9.63 Å². The lowest BCUT2D eigenvalue weighted by molar-refractivity contribution is -0.120. The summed E-state index contributed by atoms with van der Waals surface area (Å²) in [7, 11) is 1.68. The Balaban J connectivity index is 1.61. The maximum Gasteiger partial charge on any atom is 0.171 e. The number of aromatic nitrogens is 2. The molecule has 158 valence electrons. The molecule has 0 spiro atoms. The fourth-order valence-corrected chi connectivity index (χ4v) is 4.05. The van der Waals surface area contributed by atoms with Gasteiger partial charge in [-0.3, -0.25) is 4.79 Å². The van der Waals surface area contributed by atoms with Crippen LogP contribution in [0.15, 0.2) is 41.5 Å². The summed E-state index contributed by atoms with van der Waals surface area (Å²) < 4.78 is 7.60. The maximum atomic E-state index is 12.0. The van der Waals surface area contributed by atoms with Gasteiger partial charge in [0.25, 0.3) is 0 Å². The van der Waals surface area contributed by atoms with Gasteiger partial charge in [0, 0.05) is 25.6 Å². The summed E-state index contributed by atoms with van der Waals surface area (Å²) in [4.78, 5) is 24.0. The van der Waals surface area contributed by atoms with E-state index in [9.17, 15) is 4.79 Å². The minimum Gasteiger partial charge on any atom is -0.495 e. The number of ketones is 1. The van der Waals surface area contributed by atoms with Gasteiger partial charge in [0.1, 0.15) is 18.1 Å². The average molecular weight is 409 g/mol. The second-order valence-electron chi connectivity index (χ2n) is 7.78. The number of methoxy groups -OCH3 is 1. The monoisotopic (exact) mass is 408 g/mol. The Labute approximate surface area is 177 Å². The van der Waals surface area contributed by atoms with Crippen LogP contribution < -0.4 is 4.74 Å². The largest absolute Gasteiger partial charge is 0.495 e. The molecule has 1 atom stereocenters. The first-order chi connectivity index (χ1) is 14.6. The molecule has 0 N–H and O–H groups in total. The first kappa shape index (κ1) is 20.2. The summed E-state index contributed by atoms with van der Waals surface area (Å²) in [6.07, 6.45) is 8.93. The molecule has 0 amide bonds. The molecule has 0 bridgehead atoms. The van der Waals surface area contributed by atoms with Crippen LogP contribution in [-0.4, -0.2) is 52.4 Å². The van der Waals surface area contributed by atoms with Crippen molar-refractivity contribution >= 4 is 17.7 Å². The number of carbonyl (C=O) groups is 1. The Morgan fingerprint density at radius 2 is 2.27 bits per heavy atom. The highest BCUT2D eigenvalue weighted by atomic mass is 16.6. The van der Waals surface area contributed by atoms with E-state index in [2.05, 4.69) is 27.2 Å². The molecule has 2 aliphatic rings. The number of nitrogens with zero attached hydrogens (tertiary/aromatic N) is 4. The van der Waals surface area contributed by atoms with Crippen molar-refractivity contribution in [3.05, 3.63) is 47.6 Å². The highest BCUT2D eigenvalue weighted by Crippen LogP contribution is 2.30. The zero-order valence-electron chi connectivity index (χ0n) is 17.8. The van der Waals surface area contributed by atoms with Crippen molar-refractivity contribution in [1.29, 1.82) is 0 Å². The van der Waals surface area contributed by atoms with E-state index in [0.717, 1.165) is 53.5 Å². The average Bonchev–Trinajstić information content (AvgIpc) is 3.20. The number of amidine groups is 1. The molecule has 1 saturated heterocycles. The summed E-state index contributed by atoms with van der Waals surface area (Å²) in [6.45, 7) is 5.24. The first-order valence-corrected chi connectivity index (χ1v) is 10.5. The summed E-state index contributed by atoms with van der Waals surface area (Å²) >= 11 is 0. The van der Waals surface area contributed by atoms with Crippen LogP contribution >= 0.6 is 0 Å². The molecule has 2 aliphatic heterocycles. The zero-order chi connectivity index (χ0) is 21.1. The minimum atomic E-state index is 0.0649. The fraction of sp³-hybridized carbons (Fsp3) is 0.435. The van der Waals surface area contributed by atoms with Crippen LogP contribution in [0.3, 0.4) is 0 Å². The summed E-state index contributed by atoms with van der Waals surface area (Å²) in [5.74, 6) is 1.90. The Bertz CT molecular complexity index is 992. The van der Waals surface area contributed by atoms with Crippen LogP contribution in [0, 0.1) is 6.92 Å². The normalized spacial score (nSPS) is 19.8. The zero-order valence-corrected chi connectivity index (χ0v) is 17.8. The molecular formula is C23H28N4O3. The van der Waals surface area contributed by atoms with Gasteiger partial charge >= 0.3 is 0 Å². The molecule has 3 heterocycles. The molecule has 0 radical (unpaired) electrons. The molecule has 1 aromatic carbocycles. The van der Waals surface area contributed by atoms with E-state index in [1.807, 2.05) is 36.7 Å². The number of piperidine rings is 1. The lowest BCUT2D eigenvalue weighted by atomic mass is 9.96. The van der Waals surface area contributed by atoms with Crippen molar-refractivity contribution in [2.45, 2.75) is 45.6 Å². The number of carbonyl (C=O) groups excluding carboxylic acids is 1. The van der Waals surface area contributed by atoms with Crippen LogP contribution in [0.4, 0.5) is 0 Å².